The van der Waals surface area contributed by atoms with Crippen LogP contribution in [0.25, 0.3) is 10.4 Å². The summed E-state index contributed by atoms with van der Waals surface area (Å²) in [5, 5.41) is 3.75. The molecule has 3 aromatic carbocycles. The molecule has 1 aliphatic rings. The van der Waals surface area contributed by atoms with Crippen LogP contribution in [0.4, 0.5) is 0 Å². The van der Waals surface area contributed by atoms with Crippen molar-refractivity contribution in [3.63, 3.8) is 0 Å². The molecule has 5 nitrogen and oxygen atoms in total. The molecule has 0 spiro atoms. The van der Waals surface area contributed by atoms with Crippen molar-refractivity contribution >= 4 is 5.90 Å². The smallest absolute Gasteiger partial charge is 0.217 e. The highest BCUT2D eigenvalue weighted by atomic mass is 16.5. The van der Waals surface area contributed by atoms with Crippen molar-refractivity contribution < 1.29 is 4.74 Å². The molecular weight excluding hydrogens is 348 g/mol. The van der Waals surface area contributed by atoms with Gasteiger partial charge in [0.1, 0.15) is 6.10 Å². The van der Waals surface area contributed by atoms with Gasteiger partial charge >= 0.3 is 0 Å². The SMILES string of the molecule is [N-]=[N+]=NCc1ccccc1[C@@H]1OC(c2ccccc2)=N[C@H]1Cc1ccccc1. The Hall–Kier alpha value is -3.56. The van der Waals surface area contributed by atoms with E-state index in [4.69, 9.17) is 15.3 Å². The fourth-order valence-electron chi connectivity index (χ4n) is 3.51. The quantitative estimate of drug-likeness (QED) is 0.316. The van der Waals surface area contributed by atoms with Gasteiger partial charge in [-0.2, -0.15) is 0 Å². The first-order chi connectivity index (χ1) is 13.8. The van der Waals surface area contributed by atoms with Crippen molar-refractivity contribution in [3.8, 4) is 0 Å². The van der Waals surface area contributed by atoms with Gasteiger partial charge in [-0.3, -0.25) is 0 Å². The summed E-state index contributed by atoms with van der Waals surface area (Å²) in [5.41, 5.74) is 12.9. The molecule has 0 bridgehead atoms. The third-order valence-electron chi connectivity index (χ3n) is 4.85. The molecule has 28 heavy (non-hydrogen) atoms. The number of benzene rings is 3. The molecule has 5 heteroatoms. The van der Waals surface area contributed by atoms with Gasteiger partial charge in [0.05, 0.1) is 12.6 Å². The van der Waals surface area contributed by atoms with E-state index in [0.29, 0.717) is 12.4 Å². The maximum atomic E-state index is 8.73. The van der Waals surface area contributed by atoms with Gasteiger partial charge in [-0.25, -0.2) is 4.99 Å². The molecule has 0 fully saturated rings. The van der Waals surface area contributed by atoms with E-state index in [-0.39, 0.29) is 12.1 Å². The number of aliphatic imine (C=N–C) groups is 1. The molecule has 138 valence electrons. The number of rotatable bonds is 6. The van der Waals surface area contributed by atoms with Gasteiger partial charge < -0.3 is 4.74 Å². The summed E-state index contributed by atoms with van der Waals surface area (Å²) < 4.78 is 6.35. The summed E-state index contributed by atoms with van der Waals surface area (Å²) in [6, 6.07) is 28.2. The number of hydrogen-bond donors (Lipinski definition) is 0. The Balaban J connectivity index is 1.70. The molecule has 0 saturated heterocycles. The maximum Gasteiger partial charge on any atom is 0.217 e. The van der Waals surface area contributed by atoms with Crippen LogP contribution in [0.5, 0.6) is 0 Å². The topological polar surface area (TPSA) is 70.4 Å². The van der Waals surface area contributed by atoms with E-state index in [9.17, 15) is 0 Å². The minimum Gasteiger partial charge on any atom is -0.467 e. The first-order valence-corrected chi connectivity index (χ1v) is 9.27. The van der Waals surface area contributed by atoms with Crippen LogP contribution in [-0.4, -0.2) is 11.9 Å². The van der Waals surface area contributed by atoms with Crippen molar-refractivity contribution in [1.29, 1.82) is 0 Å². The van der Waals surface area contributed by atoms with E-state index >= 15 is 0 Å². The molecule has 0 aromatic heterocycles. The van der Waals surface area contributed by atoms with E-state index in [1.54, 1.807) is 0 Å². The van der Waals surface area contributed by atoms with Crippen LogP contribution in [-0.2, 0) is 17.7 Å². The zero-order chi connectivity index (χ0) is 19.2. The lowest BCUT2D eigenvalue weighted by Gasteiger charge is -2.20. The van der Waals surface area contributed by atoms with Gasteiger partial charge in [0, 0.05) is 10.5 Å². The molecule has 1 aliphatic heterocycles. The minimum atomic E-state index is -0.222. The third-order valence-corrected chi connectivity index (χ3v) is 4.85. The zero-order valence-corrected chi connectivity index (χ0v) is 15.3. The first-order valence-electron chi connectivity index (χ1n) is 9.27. The number of ether oxygens (including phenoxy) is 1. The Morgan fingerprint density at radius 2 is 1.57 bits per heavy atom. The summed E-state index contributed by atoms with van der Waals surface area (Å²) in [5.74, 6) is 0.658. The molecule has 4 rings (SSSR count). The van der Waals surface area contributed by atoms with Crippen LogP contribution in [0.15, 0.2) is 95.0 Å². The average molecular weight is 368 g/mol. The molecule has 0 amide bonds. The lowest BCUT2D eigenvalue weighted by atomic mass is 9.93. The molecule has 0 unspecified atom stereocenters. The van der Waals surface area contributed by atoms with Crippen LogP contribution in [0.2, 0.25) is 0 Å². The standard InChI is InChI=1S/C23H20N4O/c24-27-25-16-19-13-7-8-14-20(19)22-21(15-17-9-3-1-4-10-17)26-23(28-22)18-11-5-2-6-12-18/h1-14,21-22H,15-16H2/t21-,22-/m0/s1. The number of hydrogen-bond acceptors (Lipinski definition) is 3. The summed E-state index contributed by atoms with van der Waals surface area (Å²) in [6.07, 6.45) is 0.554. The summed E-state index contributed by atoms with van der Waals surface area (Å²) >= 11 is 0. The lowest BCUT2D eigenvalue weighted by Crippen LogP contribution is -2.18. The summed E-state index contributed by atoms with van der Waals surface area (Å²) in [6.45, 7) is 0.297. The van der Waals surface area contributed by atoms with Gasteiger partial charge in [0.2, 0.25) is 5.90 Å². The van der Waals surface area contributed by atoms with Crippen molar-refractivity contribution in [3.05, 3.63) is 118 Å². The Bertz CT molecular complexity index is 1010. The molecular formula is C23H20N4O. The first kappa shape index (κ1) is 17.8. The Morgan fingerprint density at radius 1 is 0.893 bits per heavy atom. The minimum absolute atomic E-state index is 0.0511. The normalized spacial score (nSPS) is 18.1. The van der Waals surface area contributed by atoms with E-state index in [2.05, 4.69) is 22.2 Å². The van der Waals surface area contributed by atoms with E-state index in [1.165, 1.54) is 5.56 Å². The average Bonchev–Trinajstić information content (AvgIpc) is 3.17. The van der Waals surface area contributed by atoms with Gasteiger partial charge in [-0.15, -0.1) is 0 Å². The van der Waals surface area contributed by atoms with Gasteiger partial charge in [-0.1, -0.05) is 77.9 Å². The third kappa shape index (κ3) is 3.90. The van der Waals surface area contributed by atoms with Gasteiger partial charge in [0.15, 0.2) is 0 Å². The molecule has 0 saturated carbocycles. The van der Waals surface area contributed by atoms with Crippen LogP contribution in [0.3, 0.4) is 0 Å². The Labute approximate surface area is 164 Å². The fraction of sp³-hybridized carbons (Fsp3) is 0.174. The van der Waals surface area contributed by atoms with Crippen LogP contribution in [0.1, 0.15) is 28.4 Å². The van der Waals surface area contributed by atoms with Crippen molar-refractivity contribution in [2.75, 3.05) is 0 Å². The van der Waals surface area contributed by atoms with Crippen molar-refractivity contribution in [2.24, 2.45) is 10.1 Å². The van der Waals surface area contributed by atoms with E-state index in [0.717, 1.165) is 23.1 Å². The van der Waals surface area contributed by atoms with Crippen molar-refractivity contribution in [2.45, 2.75) is 25.1 Å². The largest absolute Gasteiger partial charge is 0.467 e. The Morgan fingerprint density at radius 3 is 2.32 bits per heavy atom. The molecule has 2 atom stereocenters. The molecule has 1 heterocycles. The van der Waals surface area contributed by atoms with Gasteiger partial charge in [-0.05, 0) is 40.8 Å². The predicted octanol–water partition coefficient (Wildman–Crippen LogP) is 5.63. The second kappa shape index (κ2) is 8.42. The van der Waals surface area contributed by atoms with Crippen LogP contribution >= 0.6 is 0 Å². The van der Waals surface area contributed by atoms with E-state index in [1.807, 2.05) is 72.8 Å². The Kier molecular flexibility index (Phi) is 5.36. The van der Waals surface area contributed by atoms with Crippen LogP contribution < -0.4 is 0 Å². The summed E-state index contributed by atoms with van der Waals surface area (Å²) in [4.78, 5) is 7.83. The highest BCUT2D eigenvalue weighted by Crippen LogP contribution is 2.35. The summed E-state index contributed by atoms with van der Waals surface area (Å²) in [7, 11) is 0. The molecule has 0 aliphatic carbocycles. The van der Waals surface area contributed by atoms with E-state index < -0.39 is 0 Å². The number of nitrogens with zero attached hydrogens (tertiary/aromatic N) is 4. The second-order valence-electron chi connectivity index (χ2n) is 6.68. The molecule has 0 radical (unpaired) electrons. The maximum absolute atomic E-state index is 8.73. The van der Waals surface area contributed by atoms with Crippen LogP contribution in [0, 0.1) is 0 Å². The zero-order valence-electron chi connectivity index (χ0n) is 15.3. The fourth-order valence-corrected chi connectivity index (χ4v) is 3.51. The highest BCUT2D eigenvalue weighted by Gasteiger charge is 2.34. The monoisotopic (exact) mass is 368 g/mol. The number of azide groups is 1. The highest BCUT2D eigenvalue weighted by molar-refractivity contribution is 5.95. The van der Waals surface area contributed by atoms with Crippen molar-refractivity contribution in [1.82, 2.24) is 0 Å². The lowest BCUT2D eigenvalue weighted by molar-refractivity contribution is 0.194. The molecule has 3 aromatic rings. The second-order valence-corrected chi connectivity index (χ2v) is 6.68. The predicted molar refractivity (Wildman–Crippen MR) is 110 cm³/mol. The van der Waals surface area contributed by atoms with Gasteiger partial charge in [0.25, 0.3) is 0 Å². The molecule has 0 N–H and O–H groups in total.